The summed E-state index contributed by atoms with van der Waals surface area (Å²) in [6, 6.07) is 13.7. The predicted molar refractivity (Wildman–Crippen MR) is 104 cm³/mol. The molecule has 25 heavy (non-hydrogen) atoms. The maximum absolute atomic E-state index is 12.3. The molecular weight excluding hydrogens is 452 g/mol. The topological polar surface area (TPSA) is 81.9 Å². The lowest BCUT2D eigenvalue weighted by molar-refractivity contribution is 0.0952. The molecule has 3 aromatic carbocycles. The van der Waals surface area contributed by atoms with Crippen LogP contribution in [0.25, 0.3) is 10.8 Å². The number of phenols is 2. The lowest BCUT2D eigenvalue weighted by atomic mass is 10.1. The first-order valence-electron chi connectivity index (χ1n) is 7.19. The van der Waals surface area contributed by atoms with Crippen molar-refractivity contribution in [2.45, 2.75) is 0 Å². The lowest BCUT2D eigenvalue weighted by Crippen LogP contribution is -2.17. The largest absolute Gasteiger partial charge is 0.507 e. The third-order valence-electron chi connectivity index (χ3n) is 3.54. The molecule has 0 atom stereocenters. The summed E-state index contributed by atoms with van der Waals surface area (Å²) in [6.45, 7) is 0. The third kappa shape index (κ3) is 3.83. The SMILES string of the molecule is O=C(NN=Cc1cc(O)c(Br)cc1Br)c1cc2ccccc2cc1O. The summed E-state index contributed by atoms with van der Waals surface area (Å²) in [5.41, 5.74) is 3.09. The van der Waals surface area contributed by atoms with E-state index in [0.717, 1.165) is 10.8 Å². The Bertz CT molecular complexity index is 1000. The molecule has 0 bridgehead atoms. The van der Waals surface area contributed by atoms with Crippen LogP contribution < -0.4 is 5.43 Å². The van der Waals surface area contributed by atoms with E-state index in [0.29, 0.717) is 14.5 Å². The maximum Gasteiger partial charge on any atom is 0.275 e. The van der Waals surface area contributed by atoms with Crippen LogP contribution in [0.3, 0.4) is 0 Å². The van der Waals surface area contributed by atoms with Crippen LogP contribution in [0.4, 0.5) is 0 Å². The minimum Gasteiger partial charge on any atom is -0.507 e. The lowest BCUT2D eigenvalue weighted by Gasteiger charge is -2.06. The molecule has 0 fully saturated rings. The monoisotopic (exact) mass is 462 g/mol. The standard InChI is InChI=1S/C18H12Br2N2O3/c19-14-8-15(20)17(24)7-12(14)9-21-22-18(25)13-5-10-3-1-2-4-11(10)6-16(13)23/h1-9,23-24H,(H,22,25). The molecule has 0 saturated carbocycles. The fourth-order valence-corrected chi connectivity index (χ4v) is 3.38. The van der Waals surface area contributed by atoms with E-state index in [4.69, 9.17) is 0 Å². The number of fused-ring (bicyclic) bond motifs is 1. The van der Waals surface area contributed by atoms with Crippen LogP contribution in [0.15, 0.2) is 62.6 Å². The van der Waals surface area contributed by atoms with Crippen molar-refractivity contribution in [2.75, 3.05) is 0 Å². The van der Waals surface area contributed by atoms with Gasteiger partial charge in [-0.15, -0.1) is 0 Å². The van der Waals surface area contributed by atoms with Crippen LogP contribution >= 0.6 is 31.9 Å². The highest BCUT2D eigenvalue weighted by Gasteiger charge is 2.12. The fourth-order valence-electron chi connectivity index (χ4n) is 2.28. The smallest absolute Gasteiger partial charge is 0.275 e. The van der Waals surface area contributed by atoms with E-state index in [1.807, 2.05) is 24.3 Å². The molecule has 5 nitrogen and oxygen atoms in total. The van der Waals surface area contributed by atoms with Crippen LogP contribution in [-0.2, 0) is 0 Å². The van der Waals surface area contributed by atoms with Gasteiger partial charge in [-0.2, -0.15) is 5.10 Å². The minimum atomic E-state index is -0.531. The number of hydrogen-bond acceptors (Lipinski definition) is 4. The maximum atomic E-state index is 12.3. The number of benzene rings is 3. The van der Waals surface area contributed by atoms with Gasteiger partial charge in [-0.3, -0.25) is 4.79 Å². The zero-order chi connectivity index (χ0) is 18.0. The van der Waals surface area contributed by atoms with Gasteiger partial charge in [-0.05, 0) is 51.0 Å². The number of phenolic OH excluding ortho intramolecular Hbond substituents is 2. The Hall–Kier alpha value is -2.38. The molecule has 3 aromatic rings. The zero-order valence-corrected chi connectivity index (χ0v) is 15.9. The summed E-state index contributed by atoms with van der Waals surface area (Å²) in [5, 5.41) is 25.3. The Morgan fingerprint density at radius 2 is 1.64 bits per heavy atom. The van der Waals surface area contributed by atoms with E-state index < -0.39 is 5.91 Å². The Morgan fingerprint density at radius 3 is 2.36 bits per heavy atom. The van der Waals surface area contributed by atoms with Gasteiger partial charge in [-0.1, -0.05) is 40.2 Å². The van der Waals surface area contributed by atoms with Crippen LogP contribution in [0, 0.1) is 0 Å². The Balaban J connectivity index is 1.81. The minimum absolute atomic E-state index is 0.0585. The Morgan fingerprint density at radius 1 is 0.960 bits per heavy atom. The zero-order valence-electron chi connectivity index (χ0n) is 12.7. The van der Waals surface area contributed by atoms with Crippen molar-refractivity contribution in [1.82, 2.24) is 5.43 Å². The molecule has 3 N–H and O–H groups in total. The average molecular weight is 464 g/mol. The van der Waals surface area contributed by atoms with Gasteiger partial charge in [-0.25, -0.2) is 5.43 Å². The second kappa shape index (κ2) is 7.25. The highest BCUT2D eigenvalue weighted by atomic mass is 79.9. The van der Waals surface area contributed by atoms with E-state index in [1.165, 1.54) is 18.3 Å². The van der Waals surface area contributed by atoms with Crippen molar-refractivity contribution in [3.63, 3.8) is 0 Å². The number of carbonyl (C=O) groups excluding carboxylic acids is 1. The molecular formula is C18H12Br2N2O3. The number of amides is 1. The number of nitrogens with zero attached hydrogens (tertiary/aromatic N) is 1. The van der Waals surface area contributed by atoms with Gasteiger partial charge >= 0.3 is 0 Å². The van der Waals surface area contributed by atoms with Crippen LogP contribution in [-0.4, -0.2) is 22.3 Å². The van der Waals surface area contributed by atoms with Gasteiger partial charge in [0.1, 0.15) is 11.5 Å². The van der Waals surface area contributed by atoms with Crippen molar-refractivity contribution < 1.29 is 15.0 Å². The summed E-state index contributed by atoms with van der Waals surface area (Å²) >= 11 is 6.55. The van der Waals surface area contributed by atoms with Gasteiger partial charge in [0.05, 0.1) is 16.3 Å². The first kappa shape index (κ1) is 17.4. The number of halogens is 2. The second-order valence-electron chi connectivity index (χ2n) is 5.24. The molecule has 0 radical (unpaired) electrons. The summed E-state index contributed by atoms with van der Waals surface area (Å²) in [4.78, 5) is 12.3. The van der Waals surface area contributed by atoms with Crippen molar-refractivity contribution in [3.8, 4) is 11.5 Å². The molecule has 3 rings (SSSR count). The van der Waals surface area contributed by atoms with Crippen LogP contribution in [0.1, 0.15) is 15.9 Å². The number of hydrogen-bond donors (Lipinski definition) is 3. The fraction of sp³-hybridized carbons (Fsp3) is 0. The average Bonchev–Trinajstić information content (AvgIpc) is 2.58. The first-order chi connectivity index (χ1) is 12.0. The summed E-state index contributed by atoms with van der Waals surface area (Å²) in [7, 11) is 0. The molecule has 1 amide bonds. The van der Waals surface area contributed by atoms with Crippen molar-refractivity contribution in [3.05, 3.63) is 68.6 Å². The van der Waals surface area contributed by atoms with Crippen LogP contribution in [0.5, 0.6) is 11.5 Å². The second-order valence-corrected chi connectivity index (χ2v) is 6.95. The van der Waals surface area contributed by atoms with E-state index in [-0.39, 0.29) is 17.1 Å². The number of hydrazone groups is 1. The van der Waals surface area contributed by atoms with Gasteiger partial charge in [0.15, 0.2) is 0 Å². The number of rotatable bonds is 3. The number of aromatic hydroxyl groups is 2. The molecule has 0 aromatic heterocycles. The quantitative estimate of drug-likeness (QED) is 0.394. The van der Waals surface area contributed by atoms with Gasteiger partial charge < -0.3 is 10.2 Å². The van der Waals surface area contributed by atoms with Crippen molar-refractivity contribution >= 4 is 54.8 Å². The summed E-state index contributed by atoms with van der Waals surface area (Å²) < 4.78 is 1.24. The highest BCUT2D eigenvalue weighted by molar-refractivity contribution is 9.11. The van der Waals surface area contributed by atoms with Gasteiger partial charge in [0.25, 0.3) is 5.91 Å². The number of nitrogens with one attached hydrogen (secondary N) is 1. The molecule has 0 aliphatic rings. The van der Waals surface area contributed by atoms with Gasteiger partial charge in [0, 0.05) is 10.0 Å². The van der Waals surface area contributed by atoms with Gasteiger partial charge in [0.2, 0.25) is 0 Å². The predicted octanol–water partition coefficient (Wildman–Crippen LogP) is 4.54. The molecule has 0 saturated heterocycles. The third-order valence-corrected chi connectivity index (χ3v) is 4.87. The molecule has 0 aliphatic carbocycles. The van der Waals surface area contributed by atoms with E-state index in [1.54, 1.807) is 12.1 Å². The molecule has 0 unspecified atom stereocenters. The highest BCUT2D eigenvalue weighted by Crippen LogP contribution is 2.29. The molecule has 7 heteroatoms. The Kier molecular flexibility index (Phi) is 5.06. The van der Waals surface area contributed by atoms with Crippen LogP contribution in [0.2, 0.25) is 0 Å². The molecule has 0 spiro atoms. The van der Waals surface area contributed by atoms with Crippen molar-refractivity contribution in [2.24, 2.45) is 5.10 Å². The normalized spacial score (nSPS) is 11.1. The van der Waals surface area contributed by atoms with Crippen molar-refractivity contribution in [1.29, 1.82) is 0 Å². The molecule has 0 heterocycles. The molecule has 0 aliphatic heterocycles. The first-order valence-corrected chi connectivity index (χ1v) is 8.77. The summed E-state index contributed by atoms with van der Waals surface area (Å²) in [6.07, 6.45) is 1.40. The molecule has 126 valence electrons. The van der Waals surface area contributed by atoms with E-state index in [9.17, 15) is 15.0 Å². The summed E-state index contributed by atoms with van der Waals surface area (Å²) in [5.74, 6) is -0.589. The Labute approximate surface area is 160 Å². The number of carbonyl (C=O) groups is 1. The van der Waals surface area contributed by atoms with E-state index in [2.05, 4.69) is 42.4 Å². The van der Waals surface area contributed by atoms with E-state index >= 15 is 0 Å².